The Morgan fingerprint density at radius 3 is 3.18 bits per heavy atom. The number of hydrogen-bond acceptors (Lipinski definition) is 6. The van der Waals surface area contributed by atoms with Crippen molar-refractivity contribution in [2.45, 2.75) is 31.3 Å². The van der Waals surface area contributed by atoms with Crippen molar-refractivity contribution in [3.05, 3.63) is 11.7 Å². The zero-order valence-electron chi connectivity index (χ0n) is 9.59. The van der Waals surface area contributed by atoms with Crippen LogP contribution < -0.4 is 5.32 Å². The fourth-order valence-electron chi connectivity index (χ4n) is 2.07. The summed E-state index contributed by atoms with van der Waals surface area (Å²) in [4.78, 5) is 6.48. The molecule has 2 heterocycles. The van der Waals surface area contributed by atoms with Crippen molar-refractivity contribution >= 4 is 0 Å². The molecule has 1 atom stereocenters. The van der Waals surface area contributed by atoms with Gasteiger partial charge in [-0.15, -0.1) is 0 Å². The zero-order chi connectivity index (χ0) is 11.7. The lowest BCUT2D eigenvalue weighted by Gasteiger charge is -2.30. The van der Waals surface area contributed by atoms with E-state index in [9.17, 15) is 0 Å². The Balaban J connectivity index is 1.65. The van der Waals surface area contributed by atoms with Gasteiger partial charge in [0.1, 0.15) is 6.04 Å². The summed E-state index contributed by atoms with van der Waals surface area (Å²) in [5, 5.41) is 16.2. The van der Waals surface area contributed by atoms with Gasteiger partial charge in [-0.05, 0) is 12.8 Å². The summed E-state index contributed by atoms with van der Waals surface area (Å²) < 4.78 is 5.21. The van der Waals surface area contributed by atoms with Gasteiger partial charge in [0.15, 0.2) is 5.82 Å². The Morgan fingerprint density at radius 1 is 1.53 bits per heavy atom. The van der Waals surface area contributed by atoms with Crippen molar-refractivity contribution < 1.29 is 4.52 Å². The Labute approximate surface area is 99.6 Å². The number of piperazine rings is 1. The summed E-state index contributed by atoms with van der Waals surface area (Å²) in [6.07, 6.45) is 2.33. The molecular weight excluding hydrogens is 218 g/mol. The van der Waals surface area contributed by atoms with Gasteiger partial charge in [0, 0.05) is 25.6 Å². The van der Waals surface area contributed by atoms with Gasteiger partial charge in [-0.1, -0.05) is 5.16 Å². The minimum atomic E-state index is -0.0911. The molecule has 1 unspecified atom stereocenters. The molecule has 2 fully saturated rings. The largest absolute Gasteiger partial charge is 0.339 e. The van der Waals surface area contributed by atoms with E-state index in [1.807, 2.05) is 0 Å². The van der Waals surface area contributed by atoms with Gasteiger partial charge in [0.2, 0.25) is 5.89 Å². The van der Waals surface area contributed by atoms with Crippen LogP contribution >= 0.6 is 0 Å². The summed E-state index contributed by atoms with van der Waals surface area (Å²) in [7, 11) is 0. The van der Waals surface area contributed by atoms with E-state index >= 15 is 0 Å². The van der Waals surface area contributed by atoms with Crippen molar-refractivity contribution in [3.8, 4) is 6.07 Å². The minimum Gasteiger partial charge on any atom is -0.339 e. The van der Waals surface area contributed by atoms with Gasteiger partial charge < -0.3 is 9.84 Å². The van der Waals surface area contributed by atoms with Crippen molar-refractivity contribution in [1.82, 2.24) is 20.4 Å². The van der Waals surface area contributed by atoms with E-state index < -0.39 is 0 Å². The maximum absolute atomic E-state index is 9.05. The first kappa shape index (κ1) is 10.7. The van der Waals surface area contributed by atoms with E-state index in [-0.39, 0.29) is 6.04 Å². The summed E-state index contributed by atoms with van der Waals surface area (Å²) in [5.74, 6) is 1.96. The van der Waals surface area contributed by atoms with Gasteiger partial charge in [-0.25, -0.2) is 0 Å². The second kappa shape index (κ2) is 4.43. The van der Waals surface area contributed by atoms with E-state index in [2.05, 4.69) is 26.4 Å². The molecule has 0 amide bonds. The standard InChI is InChI=1S/C11H15N5O/c12-5-9-6-13-3-4-16(9)7-10-14-11(17-15-10)8-1-2-8/h8-9,13H,1-4,6-7H2. The number of nitriles is 1. The van der Waals surface area contributed by atoms with Crippen LogP contribution in [0.25, 0.3) is 0 Å². The quantitative estimate of drug-likeness (QED) is 0.806. The summed E-state index contributed by atoms with van der Waals surface area (Å²) >= 11 is 0. The second-order valence-corrected chi connectivity index (χ2v) is 4.64. The average Bonchev–Trinajstić information content (AvgIpc) is 3.11. The lowest BCUT2D eigenvalue weighted by molar-refractivity contribution is 0.182. The molecule has 2 aliphatic rings. The molecule has 1 saturated heterocycles. The van der Waals surface area contributed by atoms with Crippen molar-refractivity contribution in [1.29, 1.82) is 5.26 Å². The van der Waals surface area contributed by atoms with E-state index in [1.165, 1.54) is 0 Å². The molecule has 17 heavy (non-hydrogen) atoms. The maximum Gasteiger partial charge on any atom is 0.229 e. The maximum atomic E-state index is 9.05. The molecule has 1 aliphatic carbocycles. The van der Waals surface area contributed by atoms with Crippen LogP contribution in [0.1, 0.15) is 30.5 Å². The molecule has 0 radical (unpaired) electrons. The third-order valence-corrected chi connectivity index (χ3v) is 3.26. The monoisotopic (exact) mass is 233 g/mol. The molecular formula is C11H15N5O. The number of aromatic nitrogens is 2. The van der Waals surface area contributed by atoms with Crippen LogP contribution in [-0.2, 0) is 6.54 Å². The fraction of sp³-hybridized carbons (Fsp3) is 0.727. The highest BCUT2D eigenvalue weighted by atomic mass is 16.5. The van der Waals surface area contributed by atoms with Crippen LogP contribution in [0, 0.1) is 11.3 Å². The number of rotatable bonds is 3. The molecule has 0 bridgehead atoms. The van der Waals surface area contributed by atoms with Crippen LogP contribution in [0.15, 0.2) is 4.52 Å². The lowest BCUT2D eigenvalue weighted by Crippen LogP contribution is -2.50. The van der Waals surface area contributed by atoms with E-state index in [1.54, 1.807) is 0 Å². The molecule has 1 aromatic rings. The molecule has 0 spiro atoms. The third-order valence-electron chi connectivity index (χ3n) is 3.26. The van der Waals surface area contributed by atoms with Gasteiger partial charge in [-0.2, -0.15) is 10.2 Å². The summed E-state index contributed by atoms with van der Waals surface area (Å²) in [6, 6.07) is 2.20. The van der Waals surface area contributed by atoms with Gasteiger partial charge in [0.05, 0.1) is 12.6 Å². The molecule has 90 valence electrons. The number of nitrogens with zero attached hydrogens (tertiary/aromatic N) is 4. The average molecular weight is 233 g/mol. The van der Waals surface area contributed by atoms with Gasteiger partial charge >= 0.3 is 0 Å². The summed E-state index contributed by atoms with van der Waals surface area (Å²) in [6.45, 7) is 3.08. The normalized spacial score (nSPS) is 25.7. The van der Waals surface area contributed by atoms with Gasteiger partial charge in [0.25, 0.3) is 0 Å². The first-order chi connectivity index (χ1) is 8.36. The first-order valence-corrected chi connectivity index (χ1v) is 6.03. The molecule has 1 aliphatic heterocycles. The third kappa shape index (κ3) is 2.30. The highest BCUT2D eigenvalue weighted by Gasteiger charge is 2.30. The molecule has 6 nitrogen and oxygen atoms in total. The van der Waals surface area contributed by atoms with Gasteiger partial charge in [-0.3, -0.25) is 4.90 Å². The lowest BCUT2D eigenvalue weighted by atomic mass is 10.2. The molecule has 1 saturated carbocycles. The minimum absolute atomic E-state index is 0.0911. The van der Waals surface area contributed by atoms with Crippen LogP contribution in [0.5, 0.6) is 0 Å². The van der Waals surface area contributed by atoms with E-state index in [4.69, 9.17) is 9.78 Å². The smallest absolute Gasteiger partial charge is 0.229 e. The SMILES string of the molecule is N#CC1CNCCN1Cc1noc(C2CC2)n1. The summed E-state index contributed by atoms with van der Waals surface area (Å²) in [5.41, 5.74) is 0. The van der Waals surface area contributed by atoms with Crippen LogP contribution in [-0.4, -0.2) is 40.7 Å². The molecule has 3 rings (SSSR count). The van der Waals surface area contributed by atoms with Crippen molar-refractivity contribution in [3.63, 3.8) is 0 Å². The topological polar surface area (TPSA) is 78.0 Å². The Kier molecular flexibility index (Phi) is 2.79. The zero-order valence-corrected chi connectivity index (χ0v) is 9.59. The fourth-order valence-corrected chi connectivity index (χ4v) is 2.07. The van der Waals surface area contributed by atoms with Crippen molar-refractivity contribution in [2.24, 2.45) is 0 Å². The molecule has 1 N–H and O–H groups in total. The number of nitrogens with one attached hydrogen (secondary N) is 1. The highest BCUT2D eigenvalue weighted by Crippen LogP contribution is 2.38. The molecule has 0 aromatic carbocycles. The molecule has 1 aromatic heterocycles. The van der Waals surface area contributed by atoms with E-state index in [0.717, 1.165) is 31.8 Å². The molecule has 6 heteroatoms. The number of hydrogen-bond donors (Lipinski definition) is 1. The Hall–Kier alpha value is -1.45. The van der Waals surface area contributed by atoms with E-state index in [0.29, 0.717) is 24.8 Å². The first-order valence-electron chi connectivity index (χ1n) is 6.03. The van der Waals surface area contributed by atoms with Crippen molar-refractivity contribution in [2.75, 3.05) is 19.6 Å². The predicted molar refractivity (Wildman–Crippen MR) is 59.0 cm³/mol. The van der Waals surface area contributed by atoms with Crippen LogP contribution in [0.4, 0.5) is 0 Å². The highest BCUT2D eigenvalue weighted by molar-refractivity contribution is 5.03. The second-order valence-electron chi connectivity index (χ2n) is 4.64. The Morgan fingerprint density at radius 2 is 2.41 bits per heavy atom. The Bertz CT molecular complexity index is 433. The van der Waals surface area contributed by atoms with Crippen LogP contribution in [0.3, 0.4) is 0 Å². The predicted octanol–water partition coefficient (Wildman–Crippen LogP) is 0.244. The van der Waals surface area contributed by atoms with Crippen LogP contribution in [0.2, 0.25) is 0 Å².